The zero-order valence-electron chi connectivity index (χ0n) is 15.5. The summed E-state index contributed by atoms with van der Waals surface area (Å²) in [6.45, 7) is 3.08. The van der Waals surface area contributed by atoms with E-state index in [0.29, 0.717) is 18.1 Å². The zero-order chi connectivity index (χ0) is 19.4. The molecule has 1 unspecified atom stereocenters. The Balaban J connectivity index is 1.68. The summed E-state index contributed by atoms with van der Waals surface area (Å²) in [5.41, 5.74) is 0.301. The van der Waals surface area contributed by atoms with E-state index in [4.69, 9.17) is 16.3 Å². The van der Waals surface area contributed by atoms with Gasteiger partial charge in [0.15, 0.2) is 0 Å². The first-order chi connectivity index (χ1) is 12.8. The standard InChI is InChI=1S/C19H27ClN2O4S/c1-13-4-7-15(8-5-13)22-19(23)14-6-9-17(20)18(11-14)27(24,25)21-12-16-3-2-10-26-16/h6,9,11,13,15-16,21H,2-5,7-8,10,12H2,1H3,(H,22,23). The fraction of sp³-hybridized carbons (Fsp3) is 0.632. The minimum atomic E-state index is -3.82. The van der Waals surface area contributed by atoms with Gasteiger partial charge in [0.1, 0.15) is 4.90 Å². The van der Waals surface area contributed by atoms with E-state index in [0.717, 1.165) is 38.5 Å². The highest BCUT2D eigenvalue weighted by molar-refractivity contribution is 7.89. The topological polar surface area (TPSA) is 84.5 Å². The molecule has 1 heterocycles. The lowest BCUT2D eigenvalue weighted by Gasteiger charge is -2.27. The second-order valence-corrected chi connectivity index (χ2v) is 9.70. The van der Waals surface area contributed by atoms with Crippen LogP contribution in [0.15, 0.2) is 23.1 Å². The SMILES string of the molecule is CC1CCC(NC(=O)c2ccc(Cl)c(S(=O)(=O)NCC3CCCO3)c2)CC1. The quantitative estimate of drug-likeness (QED) is 0.749. The van der Waals surface area contributed by atoms with E-state index in [-0.39, 0.29) is 34.5 Å². The summed E-state index contributed by atoms with van der Waals surface area (Å²) in [4.78, 5) is 12.5. The van der Waals surface area contributed by atoms with Crippen LogP contribution in [0.2, 0.25) is 5.02 Å². The molecule has 8 heteroatoms. The number of nitrogens with one attached hydrogen (secondary N) is 2. The smallest absolute Gasteiger partial charge is 0.251 e. The lowest BCUT2D eigenvalue weighted by molar-refractivity contribution is 0.0922. The van der Waals surface area contributed by atoms with E-state index in [1.165, 1.54) is 12.1 Å². The summed E-state index contributed by atoms with van der Waals surface area (Å²) in [5, 5.41) is 3.11. The van der Waals surface area contributed by atoms with Crippen molar-refractivity contribution in [2.24, 2.45) is 5.92 Å². The largest absolute Gasteiger partial charge is 0.377 e. The molecule has 0 spiro atoms. The number of rotatable bonds is 6. The predicted octanol–water partition coefficient (Wildman–Crippen LogP) is 3.11. The van der Waals surface area contributed by atoms with Crippen LogP contribution in [0.1, 0.15) is 55.8 Å². The molecular formula is C19H27ClN2O4S. The minimum Gasteiger partial charge on any atom is -0.377 e. The highest BCUT2D eigenvalue weighted by atomic mass is 35.5. The lowest BCUT2D eigenvalue weighted by Crippen LogP contribution is -2.37. The molecule has 1 saturated carbocycles. The molecule has 2 N–H and O–H groups in total. The van der Waals surface area contributed by atoms with Crippen molar-refractivity contribution in [1.82, 2.24) is 10.0 Å². The number of hydrogen-bond donors (Lipinski definition) is 2. The Bertz CT molecular complexity index is 770. The van der Waals surface area contributed by atoms with Gasteiger partial charge in [-0.1, -0.05) is 18.5 Å². The molecule has 1 aromatic rings. The van der Waals surface area contributed by atoms with Crippen molar-refractivity contribution in [2.75, 3.05) is 13.2 Å². The molecule has 27 heavy (non-hydrogen) atoms. The van der Waals surface area contributed by atoms with Gasteiger partial charge in [-0.05, 0) is 62.6 Å². The van der Waals surface area contributed by atoms with Crippen LogP contribution < -0.4 is 10.0 Å². The van der Waals surface area contributed by atoms with Gasteiger partial charge in [-0.25, -0.2) is 13.1 Å². The maximum absolute atomic E-state index is 12.6. The van der Waals surface area contributed by atoms with Crippen LogP contribution in [0, 0.1) is 5.92 Å². The number of sulfonamides is 1. The number of carbonyl (C=O) groups is 1. The van der Waals surface area contributed by atoms with Gasteiger partial charge in [0, 0.05) is 24.8 Å². The van der Waals surface area contributed by atoms with E-state index in [9.17, 15) is 13.2 Å². The molecule has 6 nitrogen and oxygen atoms in total. The Hall–Kier alpha value is -1.15. The summed E-state index contributed by atoms with van der Waals surface area (Å²) in [6.07, 6.45) is 5.75. The highest BCUT2D eigenvalue weighted by Crippen LogP contribution is 2.25. The first-order valence-electron chi connectivity index (χ1n) is 9.57. The fourth-order valence-electron chi connectivity index (χ4n) is 3.61. The second-order valence-electron chi connectivity index (χ2n) is 7.56. The van der Waals surface area contributed by atoms with Crippen molar-refractivity contribution in [1.29, 1.82) is 0 Å². The van der Waals surface area contributed by atoms with Gasteiger partial charge in [-0.3, -0.25) is 4.79 Å². The average molecular weight is 415 g/mol. The van der Waals surface area contributed by atoms with Crippen LogP contribution >= 0.6 is 11.6 Å². The molecule has 0 bridgehead atoms. The monoisotopic (exact) mass is 414 g/mol. The second kappa shape index (κ2) is 8.90. The maximum atomic E-state index is 12.6. The third-order valence-electron chi connectivity index (χ3n) is 5.36. The van der Waals surface area contributed by atoms with Gasteiger partial charge in [-0.15, -0.1) is 0 Å². The highest BCUT2D eigenvalue weighted by Gasteiger charge is 2.25. The van der Waals surface area contributed by atoms with Gasteiger partial charge >= 0.3 is 0 Å². The van der Waals surface area contributed by atoms with Gasteiger partial charge in [0.2, 0.25) is 10.0 Å². The first kappa shape index (κ1) is 20.6. The van der Waals surface area contributed by atoms with Crippen molar-refractivity contribution in [3.63, 3.8) is 0 Å². The van der Waals surface area contributed by atoms with Gasteiger partial charge in [0.25, 0.3) is 5.91 Å². The van der Waals surface area contributed by atoms with Crippen molar-refractivity contribution in [2.45, 2.75) is 62.5 Å². The van der Waals surface area contributed by atoms with Crippen LogP contribution in [0.3, 0.4) is 0 Å². The zero-order valence-corrected chi connectivity index (χ0v) is 17.1. The molecule has 0 radical (unpaired) electrons. The Morgan fingerprint density at radius 2 is 1.96 bits per heavy atom. The van der Waals surface area contributed by atoms with Crippen molar-refractivity contribution >= 4 is 27.5 Å². The number of amides is 1. The molecule has 1 aromatic carbocycles. The summed E-state index contributed by atoms with van der Waals surface area (Å²) >= 11 is 6.11. The van der Waals surface area contributed by atoms with Crippen LogP contribution in [-0.2, 0) is 14.8 Å². The first-order valence-corrected chi connectivity index (χ1v) is 11.4. The molecule has 1 aliphatic heterocycles. The molecule has 0 aromatic heterocycles. The fourth-order valence-corrected chi connectivity index (χ4v) is 5.20. The Labute approximate surface area is 166 Å². The summed E-state index contributed by atoms with van der Waals surface area (Å²) in [6, 6.07) is 4.51. The molecule has 2 aliphatic rings. The molecular weight excluding hydrogens is 388 g/mol. The number of benzene rings is 1. The van der Waals surface area contributed by atoms with E-state index in [1.54, 1.807) is 6.07 Å². The Kier molecular flexibility index (Phi) is 6.78. The molecule has 150 valence electrons. The molecule has 1 aliphatic carbocycles. The predicted molar refractivity (Wildman–Crippen MR) is 105 cm³/mol. The third kappa shape index (κ3) is 5.44. The Morgan fingerprint density at radius 3 is 2.63 bits per heavy atom. The Morgan fingerprint density at radius 1 is 1.22 bits per heavy atom. The van der Waals surface area contributed by atoms with E-state index in [2.05, 4.69) is 17.0 Å². The van der Waals surface area contributed by atoms with Crippen LogP contribution in [-0.4, -0.2) is 39.6 Å². The average Bonchev–Trinajstić information content (AvgIpc) is 3.16. The number of ether oxygens (including phenoxy) is 1. The maximum Gasteiger partial charge on any atom is 0.251 e. The molecule has 1 saturated heterocycles. The van der Waals surface area contributed by atoms with Crippen LogP contribution in [0.25, 0.3) is 0 Å². The van der Waals surface area contributed by atoms with Crippen LogP contribution in [0.4, 0.5) is 0 Å². The number of halogens is 1. The van der Waals surface area contributed by atoms with E-state index in [1.807, 2.05) is 0 Å². The summed E-state index contributed by atoms with van der Waals surface area (Å²) in [7, 11) is -3.82. The minimum absolute atomic E-state index is 0.0768. The number of hydrogen-bond acceptors (Lipinski definition) is 4. The molecule has 1 amide bonds. The van der Waals surface area contributed by atoms with Crippen molar-refractivity contribution in [3.05, 3.63) is 28.8 Å². The van der Waals surface area contributed by atoms with Crippen LogP contribution in [0.5, 0.6) is 0 Å². The van der Waals surface area contributed by atoms with Gasteiger partial charge in [-0.2, -0.15) is 0 Å². The van der Waals surface area contributed by atoms with Gasteiger partial charge < -0.3 is 10.1 Å². The molecule has 1 atom stereocenters. The van der Waals surface area contributed by atoms with Crippen molar-refractivity contribution in [3.8, 4) is 0 Å². The van der Waals surface area contributed by atoms with Crippen molar-refractivity contribution < 1.29 is 17.9 Å². The normalized spacial score (nSPS) is 26.1. The van der Waals surface area contributed by atoms with E-state index >= 15 is 0 Å². The summed E-state index contributed by atoms with van der Waals surface area (Å²) < 4.78 is 33.2. The molecule has 3 rings (SSSR count). The third-order valence-corrected chi connectivity index (χ3v) is 7.26. The number of carbonyl (C=O) groups excluding carboxylic acids is 1. The lowest BCUT2D eigenvalue weighted by atomic mass is 9.87. The van der Waals surface area contributed by atoms with Gasteiger partial charge in [0.05, 0.1) is 11.1 Å². The van der Waals surface area contributed by atoms with E-state index < -0.39 is 10.0 Å². The molecule has 2 fully saturated rings. The summed E-state index contributed by atoms with van der Waals surface area (Å²) in [5.74, 6) is 0.433.